The Bertz CT molecular complexity index is 1950. The molecule has 5 rings (SSSR count). The van der Waals surface area contributed by atoms with E-state index in [1.54, 1.807) is 36.7 Å². The van der Waals surface area contributed by atoms with Gasteiger partial charge in [-0.2, -0.15) is 0 Å². The molecule has 0 saturated carbocycles. The number of urea groups is 1. The number of fused-ring (bicyclic) bond motifs is 1. The van der Waals surface area contributed by atoms with Gasteiger partial charge in [0, 0.05) is 54.8 Å². The van der Waals surface area contributed by atoms with Crippen LogP contribution in [0.4, 0.5) is 4.79 Å². The summed E-state index contributed by atoms with van der Waals surface area (Å²) in [6.45, 7) is 0.615. The Kier molecular flexibility index (Phi) is 14.5. The zero-order chi connectivity index (χ0) is 40.0. The van der Waals surface area contributed by atoms with Crippen molar-refractivity contribution >= 4 is 46.5 Å². The van der Waals surface area contributed by atoms with E-state index in [1.165, 1.54) is 11.2 Å². The Labute approximate surface area is 323 Å². The standard InChI is InChI=1S/C38H50N12O6/c39-15-7-6-13-29(33(41)51)45-35(53)30(17-23-9-2-1-3-10-23)47-37(55)32-14-8-16-50(32)38(56)49-48-36(54)31(18-24-20-43-28-12-5-4-11-26(24)28)46-34(52)27(40)19-25-21-42-22-44-25/h1-5,9-12,20-22,27,29-32,43H,6-8,13-19,39-40H2,(H2,41,51)(H,42,44)(H,45,53)(H,46,52)(H,47,55)(H,48,54)(H,49,56)/t27-,29-,30-,31-,32-/m0/s1. The van der Waals surface area contributed by atoms with E-state index in [0.29, 0.717) is 37.9 Å². The lowest BCUT2D eigenvalue weighted by molar-refractivity contribution is -0.132. The fraction of sp³-hybridized carbons (Fsp3) is 0.395. The topological polar surface area (TPSA) is 288 Å². The minimum Gasteiger partial charge on any atom is -0.368 e. The van der Waals surface area contributed by atoms with Gasteiger partial charge >= 0.3 is 6.03 Å². The Hall–Kier alpha value is -6.27. The van der Waals surface area contributed by atoms with E-state index in [-0.39, 0.29) is 32.2 Å². The first kappa shape index (κ1) is 40.9. The Morgan fingerprint density at radius 1 is 0.821 bits per heavy atom. The number of hydrogen-bond donors (Lipinski definition) is 10. The van der Waals surface area contributed by atoms with Crippen LogP contribution >= 0.6 is 0 Å². The summed E-state index contributed by atoms with van der Waals surface area (Å²) in [6, 6.07) is 10.6. The van der Waals surface area contributed by atoms with Crippen LogP contribution in [0.3, 0.4) is 0 Å². The lowest BCUT2D eigenvalue weighted by atomic mass is 10.0. The third-order valence-electron chi connectivity index (χ3n) is 9.69. The number of rotatable bonds is 18. The number of nitrogens with two attached hydrogens (primary N) is 3. The highest BCUT2D eigenvalue weighted by atomic mass is 16.2. The third-order valence-corrected chi connectivity index (χ3v) is 9.69. The first-order chi connectivity index (χ1) is 27.0. The van der Waals surface area contributed by atoms with E-state index in [1.807, 2.05) is 30.3 Å². The van der Waals surface area contributed by atoms with Gasteiger partial charge in [-0.3, -0.25) is 29.4 Å². The molecule has 56 heavy (non-hydrogen) atoms. The molecular formula is C38H50N12O6. The van der Waals surface area contributed by atoms with Gasteiger partial charge in [0.25, 0.3) is 5.91 Å². The number of hydrazine groups is 1. The van der Waals surface area contributed by atoms with Crippen LogP contribution in [0.25, 0.3) is 10.9 Å². The molecule has 1 fully saturated rings. The number of imidazole rings is 1. The number of carbonyl (C=O) groups is 6. The van der Waals surface area contributed by atoms with Crippen molar-refractivity contribution in [2.45, 2.75) is 81.6 Å². The quantitative estimate of drug-likeness (QED) is 0.0461. The average molecular weight is 771 g/mol. The first-order valence-corrected chi connectivity index (χ1v) is 18.6. The van der Waals surface area contributed by atoms with Gasteiger partial charge < -0.3 is 48.0 Å². The van der Waals surface area contributed by atoms with E-state index in [2.05, 4.69) is 41.8 Å². The summed E-state index contributed by atoms with van der Waals surface area (Å²) in [5.41, 5.74) is 25.1. The van der Waals surface area contributed by atoms with Crippen LogP contribution in [0, 0.1) is 0 Å². The fourth-order valence-corrected chi connectivity index (χ4v) is 6.67. The SMILES string of the molecule is NCCCC[C@H](NC(=O)[C@H](Cc1ccccc1)NC(=O)[C@@H]1CCCN1C(=O)NNC(=O)[C@H](Cc1c[nH]c2ccccc12)NC(=O)[C@@H](N)Cc1cnc[nH]1)C(N)=O. The molecule has 298 valence electrons. The normalized spacial score (nSPS) is 16.0. The van der Waals surface area contributed by atoms with Crippen LogP contribution in [0.2, 0.25) is 0 Å². The highest BCUT2D eigenvalue weighted by Crippen LogP contribution is 2.20. The van der Waals surface area contributed by atoms with E-state index in [4.69, 9.17) is 17.2 Å². The summed E-state index contributed by atoms with van der Waals surface area (Å²) in [5, 5.41) is 9.01. The maximum atomic E-state index is 13.8. The molecule has 0 spiro atoms. The lowest BCUT2D eigenvalue weighted by Gasteiger charge is -2.28. The van der Waals surface area contributed by atoms with Crippen molar-refractivity contribution in [1.29, 1.82) is 0 Å². The molecule has 1 aliphatic rings. The van der Waals surface area contributed by atoms with Crippen molar-refractivity contribution in [3.05, 3.63) is 90.1 Å². The van der Waals surface area contributed by atoms with E-state index < -0.39 is 65.8 Å². The monoisotopic (exact) mass is 770 g/mol. The zero-order valence-electron chi connectivity index (χ0n) is 31.0. The number of hydrogen-bond acceptors (Lipinski definition) is 9. The average Bonchev–Trinajstić information content (AvgIpc) is 3.98. The zero-order valence-corrected chi connectivity index (χ0v) is 31.0. The van der Waals surface area contributed by atoms with E-state index in [9.17, 15) is 28.8 Å². The van der Waals surface area contributed by atoms with Gasteiger partial charge in [-0.25, -0.2) is 15.2 Å². The predicted molar refractivity (Wildman–Crippen MR) is 207 cm³/mol. The van der Waals surface area contributed by atoms with Crippen molar-refractivity contribution in [3.8, 4) is 0 Å². The molecule has 2 aromatic carbocycles. The molecule has 0 unspecified atom stereocenters. The number of likely N-dealkylation sites (tertiary alicyclic amines) is 1. The molecule has 7 amide bonds. The van der Waals surface area contributed by atoms with Crippen LogP contribution in [0.15, 0.2) is 73.3 Å². The maximum Gasteiger partial charge on any atom is 0.336 e. The Balaban J connectivity index is 1.24. The number of benzene rings is 2. The number of nitrogens with one attached hydrogen (secondary N) is 7. The van der Waals surface area contributed by atoms with Crippen LogP contribution in [0.5, 0.6) is 0 Å². The predicted octanol–water partition coefficient (Wildman–Crippen LogP) is -0.480. The molecule has 5 atom stereocenters. The molecule has 2 aromatic heterocycles. The van der Waals surface area contributed by atoms with E-state index in [0.717, 1.165) is 22.0 Å². The fourth-order valence-electron chi connectivity index (χ4n) is 6.67. The molecule has 1 aliphatic heterocycles. The molecule has 1 saturated heterocycles. The van der Waals surface area contributed by atoms with Gasteiger partial charge in [0.1, 0.15) is 24.2 Å². The number of aromatic nitrogens is 3. The molecule has 0 bridgehead atoms. The first-order valence-electron chi connectivity index (χ1n) is 18.6. The number of aromatic amines is 2. The number of primary amides is 1. The van der Waals surface area contributed by atoms with Crippen molar-refractivity contribution in [3.63, 3.8) is 0 Å². The molecule has 13 N–H and O–H groups in total. The molecular weight excluding hydrogens is 720 g/mol. The van der Waals surface area contributed by atoms with Crippen molar-refractivity contribution in [2.24, 2.45) is 17.2 Å². The summed E-state index contributed by atoms with van der Waals surface area (Å²) in [5.74, 6) is -3.21. The van der Waals surface area contributed by atoms with Gasteiger partial charge in [-0.15, -0.1) is 0 Å². The van der Waals surface area contributed by atoms with Crippen LogP contribution in [-0.2, 0) is 43.2 Å². The van der Waals surface area contributed by atoms with Gasteiger partial charge in [0.05, 0.1) is 12.4 Å². The second-order valence-corrected chi connectivity index (χ2v) is 13.8. The largest absolute Gasteiger partial charge is 0.368 e. The lowest BCUT2D eigenvalue weighted by Crippen LogP contribution is -2.60. The summed E-state index contributed by atoms with van der Waals surface area (Å²) < 4.78 is 0. The minimum atomic E-state index is -1.15. The Morgan fingerprint density at radius 2 is 1.55 bits per heavy atom. The summed E-state index contributed by atoms with van der Waals surface area (Å²) in [4.78, 5) is 91.0. The van der Waals surface area contributed by atoms with Crippen LogP contribution < -0.4 is 44.0 Å². The highest BCUT2D eigenvalue weighted by molar-refractivity contribution is 5.95. The number of para-hydroxylation sites is 1. The van der Waals surface area contributed by atoms with E-state index >= 15 is 0 Å². The summed E-state index contributed by atoms with van der Waals surface area (Å²) in [7, 11) is 0. The summed E-state index contributed by atoms with van der Waals surface area (Å²) >= 11 is 0. The smallest absolute Gasteiger partial charge is 0.336 e. The second-order valence-electron chi connectivity index (χ2n) is 13.8. The number of amides is 7. The Morgan fingerprint density at radius 3 is 2.29 bits per heavy atom. The van der Waals surface area contributed by atoms with Crippen molar-refractivity contribution in [2.75, 3.05) is 13.1 Å². The molecule has 0 radical (unpaired) electrons. The van der Waals surface area contributed by atoms with Crippen molar-refractivity contribution in [1.82, 2.24) is 46.7 Å². The van der Waals surface area contributed by atoms with Gasteiger partial charge in [0.15, 0.2) is 0 Å². The molecule has 4 aromatic rings. The van der Waals surface area contributed by atoms with Gasteiger partial charge in [0.2, 0.25) is 23.6 Å². The summed E-state index contributed by atoms with van der Waals surface area (Å²) in [6.07, 6.45) is 7.36. The number of nitrogens with zero attached hydrogens (tertiary/aromatic N) is 2. The molecule has 18 heteroatoms. The van der Waals surface area contributed by atoms with Gasteiger partial charge in [-0.1, -0.05) is 48.5 Å². The highest BCUT2D eigenvalue weighted by Gasteiger charge is 2.37. The second kappa shape index (κ2) is 19.9. The van der Waals surface area contributed by atoms with Crippen LogP contribution in [0.1, 0.15) is 48.9 Å². The van der Waals surface area contributed by atoms with Crippen molar-refractivity contribution < 1.29 is 28.8 Å². The third kappa shape index (κ3) is 11.1. The number of H-pyrrole nitrogens is 2. The van der Waals surface area contributed by atoms with Crippen LogP contribution in [-0.4, -0.2) is 98.7 Å². The molecule has 3 heterocycles. The maximum absolute atomic E-state index is 13.8. The number of carbonyl (C=O) groups excluding carboxylic acids is 6. The molecule has 18 nitrogen and oxygen atoms in total. The number of unbranched alkanes of at least 4 members (excludes halogenated alkanes) is 1. The minimum absolute atomic E-state index is 0.0669. The van der Waals surface area contributed by atoms with Gasteiger partial charge in [-0.05, 0) is 55.8 Å². The molecule has 0 aliphatic carbocycles.